The highest BCUT2D eigenvalue weighted by Gasteiger charge is 2.12. The molecule has 4 nitrogen and oxygen atoms in total. The molecule has 0 aliphatic heterocycles. The highest BCUT2D eigenvalue weighted by Crippen LogP contribution is 2.04. The van der Waals surface area contributed by atoms with Crippen LogP contribution in [0.1, 0.15) is 12.0 Å². The Bertz CT molecular complexity index is 341. The first kappa shape index (κ1) is 14.7. The molecule has 1 aromatic carbocycles. The molecule has 0 saturated heterocycles. The third-order valence-electron chi connectivity index (χ3n) is 2.79. The second-order valence-corrected chi connectivity index (χ2v) is 4.15. The van der Waals surface area contributed by atoms with Gasteiger partial charge >= 0.3 is 0 Å². The third-order valence-corrected chi connectivity index (χ3v) is 2.79. The number of rotatable bonds is 8. The molecule has 1 aromatic rings. The number of carbonyl (C=O) groups is 1. The van der Waals surface area contributed by atoms with Gasteiger partial charge in [0, 0.05) is 33.2 Å². The van der Waals surface area contributed by atoms with Crippen molar-refractivity contribution in [1.82, 2.24) is 4.90 Å². The Labute approximate surface area is 109 Å². The molecule has 0 aliphatic carbocycles. The molecular formula is C14H22N2O2. The number of nitrogens with two attached hydrogens (primary N) is 1. The van der Waals surface area contributed by atoms with Crippen molar-refractivity contribution in [2.45, 2.75) is 12.8 Å². The first-order chi connectivity index (χ1) is 8.77. The number of nitrogens with zero attached hydrogens (tertiary/aromatic N) is 1. The Kier molecular flexibility index (Phi) is 7.06. The lowest BCUT2D eigenvalue weighted by molar-refractivity contribution is -0.131. The summed E-state index contributed by atoms with van der Waals surface area (Å²) in [6.45, 7) is 2.25. The van der Waals surface area contributed by atoms with Crippen LogP contribution in [0.3, 0.4) is 0 Å². The zero-order valence-electron chi connectivity index (χ0n) is 11.0. The summed E-state index contributed by atoms with van der Waals surface area (Å²) in [5.74, 6) is 0.140. The second kappa shape index (κ2) is 8.66. The van der Waals surface area contributed by atoms with E-state index in [0.29, 0.717) is 32.7 Å². The molecule has 100 valence electrons. The van der Waals surface area contributed by atoms with E-state index in [2.05, 4.69) is 0 Å². The van der Waals surface area contributed by atoms with Gasteiger partial charge in [0.25, 0.3) is 0 Å². The van der Waals surface area contributed by atoms with E-state index in [1.54, 1.807) is 12.0 Å². The van der Waals surface area contributed by atoms with Crippen LogP contribution in [0.15, 0.2) is 30.3 Å². The minimum absolute atomic E-state index is 0.140. The Morgan fingerprint density at radius 1 is 1.28 bits per heavy atom. The van der Waals surface area contributed by atoms with Crippen LogP contribution in [-0.4, -0.2) is 44.2 Å². The smallest absolute Gasteiger partial charge is 0.223 e. The Hall–Kier alpha value is -1.39. The largest absolute Gasteiger partial charge is 0.383 e. The lowest BCUT2D eigenvalue weighted by Gasteiger charge is -2.21. The van der Waals surface area contributed by atoms with Crippen LogP contribution in [0.4, 0.5) is 0 Å². The third kappa shape index (κ3) is 5.29. The number of hydrogen-bond acceptors (Lipinski definition) is 3. The SMILES string of the molecule is COCCN(CCN)C(=O)CCc1ccccc1. The molecule has 0 saturated carbocycles. The number of aryl methyl sites for hydroxylation is 1. The van der Waals surface area contributed by atoms with Gasteiger partial charge in [-0.1, -0.05) is 30.3 Å². The molecule has 0 aliphatic rings. The van der Waals surface area contributed by atoms with E-state index < -0.39 is 0 Å². The van der Waals surface area contributed by atoms with Gasteiger partial charge in [-0.15, -0.1) is 0 Å². The molecule has 0 heterocycles. The number of hydrogen-bond donors (Lipinski definition) is 1. The maximum absolute atomic E-state index is 12.0. The predicted molar refractivity (Wildman–Crippen MR) is 72.3 cm³/mol. The van der Waals surface area contributed by atoms with Gasteiger partial charge in [-0.2, -0.15) is 0 Å². The summed E-state index contributed by atoms with van der Waals surface area (Å²) < 4.78 is 5.00. The van der Waals surface area contributed by atoms with Crippen molar-refractivity contribution in [2.75, 3.05) is 33.4 Å². The summed E-state index contributed by atoms with van der Waals surface area (Å²) in [5.41, 5.74) is 6.70. The van der Waals surface area contributed by atoms with E-state index in [0.717, 1.165) is 6.42 Å². The fourth-order valence-electron chi connectivity index (χ4n) is 1.77. The van der Waals surface area contributed by atoms with Gasteiger partial charge in [-0.25, -0.2) is 0 Å². The quantitative estimate of drug-likeness (QED) is 0.750. The van der Waals surface area contributed by atoms with Crippen molar-refractivity contribution in [3.63, 3.8) is 0 Å². The van der Waals surface area contributed by atoms with Crippen LogP contribution in [0.25, 0.3) is 0 Å². The normalized spacial score (nSPS) is 10.3. The zero-order valence-corrected chi connectivity index (χ0v) is 11.0. The van der Waals surface area contributed by atoms with E-state index in [1.807, 2.05) is 30.3 Å². The molecule has 0 fully saturated rings. The van der Waals surface area contributed by atoms with Crippen molar-refractivity contribution < 1.29 is 9.53 Å². The van der Waals surface area contributed by atoms with Crippen molar-refractivity contribution >= 4 is 5.91 Å². The molecule has 1 amide bonds. The molecular weight excluding hydrogens is 228 g/mol. The molecule has 4 heteroatoms. The highest BCUT2D eigenvalue weighted by atomic mass is 16.5. The Morgan fingerprint density at radius 3 is 2.61 bits per heavy atom. The summed E-state index contributed by atoms with van der Waals surface area (Å²) in [6, 6.07) is 10.0. The second-order valence-electron chi connectivity index (χ2n) is 4.15. The van der Waals surface area contributed by atoms with E-state index in [9.17, 15) is 4.79 Å². The van der Waals surface area contributed by atoms with Crippen LogP contribution in [-0.2, 0) is 16.0 Å². The fourth-order valence-corrected chi connectivity index (χ4v) is 1.77. The molecule has 1 rings (SSSR count). The molecule has 18 heavy (non-hydrogen) atoms. The van der Waals surface area contributed by atoms with Gasteiger partial charge in [0.2, 0.25) is 5.91 Å². The maximum Gasteiger partial charge on any atom is 0.223 e. The minimum atomic E-state index is 0.140. The Balaban J connectivity index is 2.40. The van der Waals surface area contributed by atoms with Gasteiger partial charge in [0.15, 0.2) is 0 Å². The molecule has 0 unspecified atom stereocenters. The topological polar surface area (TPSA) is 55.6 Å². The summed E-state index contributed by atoms with van der Waals surface area (Å²) in [4.78, 5) is 13.8. The van der Waals surface area contributed by atoms with Gasteiger partial charge in [-0.3, -0.25) is 4.79 Å². The molecule has 0 aromatic heterocycles. The lowest BCUT2D eigenvalue weighted by atomic mass is 10.1. The van der Waals surface area contributed by atoms with Gasteiger partial charge in [0.05, 0.1) is 6.61 Å². The number of ether oxygens (including phenoxy) is 1. The van der Waals surface area contributed by atoms with Gasteiger partial charge < -0.3 is 15.4 Å². The van der Waals surface area contributed by atoms with Crippen LogP contribution < -0.4 is 5.73 Å². The van der Waals surface area contributed by atoms with Crippen LogP contribution in [0.2, 0.25) is 0 Å². The predicted octanol–water partition coefficient (Wildman–Crippen LogP) is 1.05. The molecule has 0 atom stereocenters. The van der Waals surface area contributed by atoms with E-state index in [1.165, 1.54) is 5.56 Å². The highest BCUT2D eigenvalue weighted by molar-refractivity contribution is 5.76. The molecule has 0 bridgehead atoms. The van der Waals surface area contributed by atoms with E-state index >= 15 is 0 Å². The first-order valence-corrected chi connectivity index (χ1v) is 6.28. The van der Waals surface area contributed by atoms with Crippen molar-refractivity contribution in [1.29, 1.82) is 0 Å². The van der Waals surface area contributed by atoms with Crippen molar-refractivity contribution in [3.8, 4) is 0 Å². The summed E-state index contributed by atoms with van der Waals surface area (Å²) in [5, 5.41) is 0. The van der Waals surface area contributed by atoms with Crippen LogP contribution in [0, 0.1) is 0 Å². The average Bonchev–Trinajstić information content (AvgIpc) is 2.42. The van der Waals surface area contributed by atoms with E-state index in [-0.39, 0.29) is 5.91 Å². The van der Waals surface area contributed by atoms with Crippen LogP contribution >= 0.6 is 0 Å². The summed E-state index contributed by atoms with van der Waals surface area (Å²) in [6.07, 6.45) is 1.29. The summed E-state index contributed by atoms with van der Waals surface area (Å²) >= 11 is 0. The fraction of sp³-hybridized carbons (Fsp3) is 0.500. The van der Waals surface area contributed by atoms with Crippen molar-refractivity contribution in [2.24, 2.45) is 5.73 Å². The Morgan fingerprint density at radius 2 is 2.00 bits per heavy atom. The van der Waals surface area contributed by atoms with Gasteiger partial charge in [-0.05, 0) is 12.0 Å². The number of amides is 1. The zero-order chi connectivity index (χ0) is 13.2. The average molecular weight is 250 g/mol. The van der Waals surface area contributed by atoms with Gasteiger partial charge in [0.1, 0.15) is 0 Å². The van der Waals surface area contributed by atoms with Crippen molar-refractivity contribution in [3.05, 3.63) is 35.9 Å². The number of methoxy groups -OCH3 is 1. The molecule has 0 spiro atoms. The van der Waals surface area contributed by atoms with E-state index in [4.69, 9.17) is 10.5 Å². The summed E-state index contributed by atoms with van der Waals surface area (Å²) in [7, 11) is 1.63. The first-order valence-electron chi connectivity index (χ1n) is 6.28. The monoisotopic (exact) mass is 250 g/mol. The standard InChI is InChI=1S/C14H22N2O2/c1-18-12-11-16(10-9-15)14(17)8-7-13-5-3-2-4-6-13/h2-6H,7-12,15H2,1H3. The minimum Gasteiger partial charge on any atom is -0.383 e. The number of benzene rings is 1. The molecule has 2 N–H and O–H groups in total. The van der Waals surface area contributed by atoms with Crippen LogP contribution in [0.5, 0.6) is 0 Å². The molecule has 0 radical (unpaired) electrons. The number of carbonyl (C=O) groups excluding carboxylic acids is 1. The maximum atomic E-state index is 12.0. The lowest BCUT2D eigenvalue weighted by Crippen LogP contribution is -2.37.